The molecule has 0 amide bonds. The molecule has 1 aliphatic heterocycles. The molecule has 26 heavy (non-hydrogen) atoms. The smallest absolute Gasteiger partial charge is 0.254 e. The molecule has 0 aliphatic carbocycles. The highest BCUT2D eigenvalue weighted by molar-refractivity contribution is 5.46. The van der Waals surface area contributed by atoms with Crippen molar-refractivity contribution >= 4 is 0 Å². The number of benzene rings is 1. The highest BCUT2D eigenvalue weighted by atomic mass is 16.5. The molecule has 140 valence electrons. The largest absolute Gasteiger partial charge is 0.497 e. The molecule has 1 N–H and O–H groups in total. The second-order valence-corrected chi connectivity index (χ2v) is 6.77. The van der Waals surface area contributed by atoms with Gasteiger partial charge in [-0.05, 0) is 31.4 Å². The summed E-state index contributed by atoms with van der Waals surface area (Å²) in [6.45, 7) is 6.44. The van der Waals surface area contributed by atoms with Crippen LogP contribution in [0.3, 0.4) is 0 Å². The molecular weight excluding hydrogens is 330 g/mol. The Kier molecular flexibility index (Phi) is 5.61. The van der Waals surface area contributed by atoms with Crippen LogP contribution in [0.1, 0.15) is 41.6 Å². The Balaban J connectivity index is 1.85. The fraction of sp³-hybridized carbons (Fsp3) is 0.500. The zero-order valence-electron chi connectivity index (χ0n) is 16.0. The molecule has 0 unspecified atom stereocenters. The quantitative estimate of drug-likeness (QED) is 0.861. The summed E-state index contributed by atoms with van der Waals surface area (Å²) in [6, 6.07) is 3.95. The van der Waals surface area contributed by atoms with Crippen molar-refractivity contribution < 1.29 is 9.47 Å². The van der Waals surface area contributed by atoms with Gasteiger partial charge < -0.3 is 14.5 Å². The van der Waals surface area contributed by atoms with Crippen LogP contribution in [0.15, 0.2) is 16.9 Å². The molecule has 2 aromatic rings. The van der Waals surface area contributed by atoms with Gasteiger partial charge in [0, 0.05) is 43.2 Å². The van der Waals surface area contributed by atoms with E-state index in [2.05, 4.69) is 23.7 Å². The van der Waals surface area contributed by atoms with Gasteiger partial charge in [0.1, 0.15) is 17.3 Å². The summed E-state index contributed by atoms with van der Waals surface area (Å²) in [6.07, 6.45) is 2.49. The average Bonchev–Trinajstić information content (AvgIpc) is 2.63. The van der Waals surface area contributed by atoms with Gasteiger partial charge in [0.25, 0.3) is 5.56 Å². The van der Waals surface area contributed by atoms with Crippen LogP contribution >= 0.6 is 0 Å². The SMILES string of the molecule is CCCc1nc2c(c(=O)[nH]1)CCN(Cc1c(C)cc(OC)cc1OC)C2. The van der Waals surface area contributed by atoms with Gasteiger partial charge in [0.15, 0.2) is 0 Å². The van der Waals surface area contributed by atoms with Gasteiger partial charge in [0.2, 0.25) is 0 Å². The number of aromatic nitrogens is 2. The van der Waals surface area contributed by atoms with E-state index in [1.165, 1.54) is 0 Å². The van der Waals surface area contributed by atoms with Gasteiger partial charge in [-0.2, -0.15) is 0 Å². The maximum absolute atomic E-state index is 12.3. The van der Waals surface area contributed by atoms with Crippen molar-refractivity contribution in [3.8, 4) is 11.5 Å². The maximum atomic E-state index is 12.3. The minimum absolute atomic E-state index is 0.0244. The fourth-order valence-electron chi connectivity index (χ4n) is 3.51. The first-order valence-electron chi connectivity index (χ1n) is 9.10. The van der Waals surface area contributed by atoms with E-state index in [1.807, 2.05) is 12.1 Å². The normalized spacial score (nSPS) is 14.2. The molecule has 1 aromatic heterocycles. The molecule has 3 rings (SSSR count). The minimum Gasteiger partial charge on any atom is -0.497 e. The Bertz CT molecular complexity index is 845. The fourth-order valence-corrected chi connectivity index (χ4v) is 3.51. The topological polar surface area (TPSA) is 67.5 Å². The highest BCUT2D eigenvalue weighted by Crippen LogP contribution is 2.30. The monoisotopic (exact) mass is 357 g/mol. The van der Waals surface area contributed by atoms with E-state index in [-0.39, 0.29) is 5.56 Å². The third-order valence-electron chi connectivity index (χ3n) is 4.93. The van der Waals surface area contributed by atoms with Crippen molar-refractivity contribution in [2.75, 3.05) is 20.8 Å². The number of methoxy groups -OCH3 is 2. The van der Waals surface area contributed by atoms with Crippen LogP contribution < -0.4 is 15.0 Å². The van der Waals surface area contributed by atoms with Gasteiger partial charge in [-0.15, -0.1) is 0 Å². The van der Waals surface area contributed by atoms with E-state index in [1.54, 1.807) is 14.2 Å². The summed E-state index contributed by atoms with van der Waals surface area (Å²) < 4.78 is 10.9. The van der Waals surface area contributed by atoms with E-state index in [9.17, 15) is 4.79 Å². The predicted molar refractivity (Wildman–Crippen MR) is 101 cm³/mol. The van der Waals surface area contributed by atoms with Gasteiger partial charge in [0.05, 0.1) is 19.9 Å². The van der Waals surface area contributed by atoms with Crippen molar-refractivity contribution in [3.63, 3.8) is 0 Å². The number of ether oxygens (including phenoxy) is 2. The lowest BCUT2D eigenvalue weighted by Crippen LogP contribution is -2.35. The summed E-state index contributed by atoms with van der Waals surface area (Å²) in [4.78, 5) is 22.2. The molecule has 1 aliphatic rings. The summed E-state index contributed by atoms with van der Waals surface area (Å²) in [5.74, 6) is 2.42. The van der Waals surface area contributed by atoms with Gasteiger partial charge >= 0.3 is 0 Å². The molecule has 2 heterocycles. The number of hydrogen-bond donors (Lipinski definition) is 1. The van der Waals surface area contributed by atoms with E-state index in [4.69, 9.17) is 14.5 Å². The van der Waals surface area contributed by atoms with Crippen molar-refractivity contribution in [1.29, 1.82) is 0 Å². The third kappa shape index (κ3) is 3.75. The first-order chi connectivity index (χ1) is 12.5. The van der Waals surface area contributed by atoms with Crippen LogP contribution in [0.2, 0.25) is 0 Å². The zero-order chi connectivity index (χ0) is 18.7. The number of aryl methyl sites for hydroxylation is 2. The lowest BCUT2D eigenvalue weighted by molar-refractivity contribution is 0.235. The maximum Gasteiger partial charge on any atom is 0.254 e. The first kappa shape index (κ1) is 18.5. The Morgan fingerprint density at radius 2 is 2.08 bits per heavy atom. The Labute approximate surface area is 154 Å². The number of rotatable bonds is 6. The third-order valence-corrected chi connectivity index (χ3v) is 4.93. The number of aromatic amines is 1. The molecule has 6 nitrogen and oxygen atoms in total. The number of nitrogens with zero attached hydrogens (tertiary/aromatic N) is 2. The van der Waals surface area contributed by atoms with Crippen LogP contribution in [0.4, 0.5) is 0 Å². The Morgan fingerprint density at radius 3 is 2.77 bits per heavy atom. The molecule has 0 spiro atoms. The summed E-state index contributed by atoms with van der Waals surface area (Å²) >= 11 is 0. The molecule has 6 heteroatoms. The van der Waals surface area contributed by atoms with E-state index >= 15 is 0 Å². The molecule has 0 radical (unpaired) electrons. The number of nitrogens with one attached hydrogen (secondary N) is 1. The summed E-state index contributed by atoms with van der Waals surface area (Å²) in [7, 11) is 3.34. The number of hydrogen-bond acceptors (Lipinski definition) is 5. The van der Waals surface area contributed by atoms with Crippen molar-refractivity contribution in [2.24, 2.45) is 0 Å². The molecule has 0 fully saturated rings. The van der Waals surface area contributed by atoms with E-state index in [0.29, 0.717) is 6.54 Å². The van der Waals surface area contributed by atoms with Crippen molar-refractivity contribution in [2.45, 2.75) is 46.2 Å². The molecular formula is C20H27N3O3. The molecule has 0 atom stereocenters. The second-order valence-electron chi connectivity index (χ2n) is 6.77. The number of H-pyrrole nitrogens is 1. The summed E-state index contributed by atoms with van der Waals surface area (Å²) in [5.41, 5.74) is 4.05. The molecule has 1 aromatic carbocycles. The Morgan fingerprint density at radius 1 is 1.27 bits per heavy atom. The lowest BCUT2D eigenvalue weighted by Gasteiger charge is -2.29. The van der Waals surface area contributed by atoms with Crippen molar-refractivity contribution in [1.82, 2.24) is 14.9 Å². The molecule has 0 bridgehead atoms. The van der Waals surface area contributed by atoms with Crippen LogP contribution in [-0.2, 0) is 25.9 Å². The Hall–Kier alpha value is -2.34. The van der Waals surface area contributed by atoms with Crippen molar-refractivity contribution in [3.05, 3.63) is 50.7 Å². The molecule has 0 saturated heterocycles. The first-order valence-corrected chi connectivity index (χ1v) is 9.10. The lowest BCUT2D eigenvalue weighted by atomic mass is 10.0. The number of fused-ring (bicyclic) bond motifs is 1. The standard InChI is InChI=1S/C20H27N3O3/c1-5-6-19-21-17-12-23(8-7-15(17)20(24)22-19)11-16-13(2)9-14(25-3)10-18(16)26-4/h9-10H,5-8,11-12H2,1-4H3,(H,21,22,24). The van der Waals surface area contributed by atoms with Crippen LogP contribution in [0, 0.1) is 6.92 Å². The highest BCUT2D eigenvalue weighted by Gasteiger charge is 2.22. The second kappa shape index (κ2) is 7.91. The summed E-state index contributed by atoms with van der Waals surface area (Å²) in [5, 5.41) is 0. The molecule has 0 saturated carbocycles. The van der Waals surface area contributed by atoms with Crippen LogP contribution in [-0.4, -0.2) is 35.6 Å². The van der Waals surface area contributed by atoms with Crippen LogP contribution in [0.5, 0.6) is 11.5 Å². The van der Waals surface area contributed by atoms with Crippen LogP contribution in [0.25, 0.3) is 0 Å². The predicted octanol–water partition coefficient (Wildman–Crippen LogP) is 2.61. The van der Waals surface area contributed by atoms with E-state index < -0.39 is 0 Å². The van der Waals surface area contributed by atoms with Gasteiger partial charge in [-0.25, -0.2) is 4.98 Å². The average molecular weight is 357 g/mol. The minimum atomic E-state index is 0.0244. The van der Waals surface area contributed by atoms with E-state index in [0.717, 1.165) is 72.1 Å². The zero-order valence-corrected chi connectivity index (χ0v) is 16.0. The van der Waals surface area contributed by atoms with Gasteiger partial charge in [-0.1, -0.05) is 6.92 Å². The van der Waals surface area contributed by atoms with Gasteiger partial charge in [-0.3, -0.25) is 9.69 Å².